The molecule has 1 heterocycles. The number of ketones is 1. The summed E-state index contributed by atoms with van der Waals surface area (Å²) in [6.45, 7) is 10.8. The average molecular weight is 587 g/mol. The normalized spacial score (nSPS) is 11.3. The highest BCUT2D eigenvalue weighted by Crippen LogP contribution is 2.37. The third-order valence-corrected chi connectivity index (χ3v) is 6.39. The minimum Gasteiger partial charge on any atom is -0.491 e. The monoisotopic (exact) mass is 586 g/mol. The zero-order chi connectivity index (χ0) is 31.1. The van der Waals surface area contributed by atoms with Gasteiger partial charge in [-0.2, -0.15) is 0 Å². The van der Waals surface area contributed by atoms with Crippen molar-refractivity contribution in [3.8, 4) is 17.2 Å². The lowest BCUT2D eigenvalue weighted by atomic mass is 10.0. The Bertz CT molecular complexity index is 1590. The quantitative estimate of drug-likeness (QED) is 0.172. The first-order valence-electron chi connectivity index (χ1n) is 14.3. The van der Waals surface area contributed by atoms with Gasteiger partial charge in [0.25, 0.3) is 0 Å². The van der Waals surface area contributed by atoms with Crippen LogP contribution < -0.4 is 14.8 Å². The van der Waals surface area contributed by atoms with Crippen molar-refractivity contribution < 1.29 is 33.3 Å². The van der Waals surface area contributed by atoms with E-state index in [4.69, 9.17) is 18.9 Å². The molecule has 0 atom stereocenters. The number of rotatable bonds is 12. The molecule has 43 heavy (non-hydrogen) atoms. The molecule has 0 aliphatic carbocycles. The van der Waals surface area contributed by atoms with Crippen molar-refractivity contribution in [2.75, 3.05) is 11.9 Å². The number of amides is 1. The van der Waals surface area contributed by atoms with Gasteiger partial charge in [0.2, 0.25) is 0 Å². The molecule has 4 rings (SSSR count). The van der Waals surface area contributed by atoms with Crippen molar-refractivity contribution in [2.45, 2.75) is 66.3 Å². The number of nitrogens with zero attached hydrogens (tertiary/aromatic N) is 1. The zero-order valence-electron chi connectivity index (χ0n) is 25.4. The van der Waals surface area contributed by atoms with Crippen LogP contribution in [0.2, 0.25) is 0 Å². The molecule has 0 aliphatic heterocycles. The first kappa shape index (κ1) is 31.2. The van der Waals surface area contributed by atoms with E-state index >= 15 is 0 Å². The van der Waals surface area contributed by atoms with Gasteiger partial charge in [0.1, 0.15) is 29.5 Å². The lowest BCUT2D eigenvalue weighted by Crippen LogP contribution is -2.32. The molecule has 3 aromatic carbocycles. The number of ether oxygens (including phenoxy) is 4. The van der Waals surface area contributed by atoms with Gasteiger partial charge < -0.3 is 23.5 Å². The Morgan fingerprint density at radius 1 is 0.930 bits per heavy atom. The van der Waals surface area contributed by atoms with E-state index in [-0.39, 0.29) is 36.3 Å². The zero-order valence-corrected chi connectivity index (χ0v) is 25.4. The van der Waals surface area contributed by atoms with Crippen LogP contribution in [0, 0.1) is 0 Å². The SMILES string of the molecule is CCOC(=O)c1c(NC(=O)OC(C)(C)CC(C)=O)c2cc(OCc3ccccc3)ccc2n1-c1ccc(OC(C)C)cc1. The lowest BCUT2D eigenvalue weighted by Gasteiger charge is -2.24. The molecular weight excluding hydrogens is 548 g/mol. The third kappa shape index (κ3) is 7.94. The molecule has 0 aliphatic rings. The Labute approximate surface area is 251 Å². The van der Waals surface area contributed by atoms with Gasteiger partial charge >= 0.3 is 12.1 Å². The molecule has 0 saturated heterocycles. The average Bonchev–Trinajstić information content (AvgIpc) is 3.24. The Morgan fingerprint density at radius 2 is 1.60 bits per heavy atom. The number of esters is 1. The van der Waals surface area contributed by atoms with Gasteiger partial charge in [-0.25, -0.2) is 9.59 Å². The van der Waals surface area contributed by atoms with Crippen LogP contribution in [0.15, 0.2) is 72.8 Å². The lowest BCUT2D eigenvalue weighted by molar-refractivity contribution is -0.120. The fraction of sp³-hybridized carbons (Fsp3) is 0.324. The summed E-state index contributed by atoms with van der Waals surface area (Å²) >= 11 is 0. The van der Waals surface area contributed by atoms with Gasteiger partial charge in [0.15, 0.2) is 5.69 Å². The van der Waals surface area contributed by atoms with Crippen LogP contribution in [-0.4, -0.2) is 40.7 Å². The maximum atomic E-state index is 13.5. The molecular formula is C34H38N2O7. The summed E-state index contributed by atoms with van der Waals surface area (Å²) in [4.78, 5) is 38.5. The number of hydrogen-bond donors (Lipinski definition) is 1. The molecule has 0 radical (unpaired) electrons. The van der Waals surface area contributed by atoms with Crippen LogP contribution >= 0.6 is 0 Å². The highest BCUT2D eigenvalue weighted by atomic mass is 16.6. The molecule has 226 valence electrons. The van der Waals surface area contributed by atoms with Gasteiger partial charge in [-0.3, -0.25) is 10.1 Å². The first-order chi connectivity index (χ1) is 20.5. The van der Waals surface area contributed by atoms with Crippen molar-refractivity contribution in [3.63, 3.8) is 0 Å². The molecule has 0 spiro atoms. The first-order valence-corrected chi connectivity index (χ1v) is 14.3. The van der Waals surface area contributed by atoms with Crippen LogP contribution in [0.1, 0.15) is 64.0 Å². The maximum absolute atomic E-state index is 13.5. The second-order valence-corrected chi connectivity index (χ2v) is 11.0. The van der Waals surface area contributed by atoms with Crippen LogP contribution in [0.4, 0.5) is 10.5 Å². The van der Waals surface area contributed by atoms with Gasteiger partial charge in [-0.15, -0.1) is 0 Å². The van der Waals surface area contributed by atoms with E-state index in [1.54, 1.807) is 31.4 Å². The molecule has 0 fully saturated rings. The van der Waals surface area contributed by atoms with Crippen molar-refractivity contribution in [2.24, 2.45) is 0 Å². The van der Waals surface area contributed by atoms with Crippen LogP contribution in [0.25, 0.3) is 16.6 Å². The topological polar surface area (TPSA) is 105 Å². The number of fused-ring (bicyclic) bond motifs is 1. The van der Waals surface area contributed by atoms with Crippen LogP contribution in [-0.2, 0) is 20.9 Å². The van der Waals surface area contributed by atoms with E-state index in [1.165, 1.54) is 6.92 Å². The standard InChI is InChI=1S/C34H38N2O7/c1-7-40-32(38)31-30(35-33(39)43-34(5,6)20-23(4)37)28-19-27(41-21-24-11-9-8-10-12-24)17-18-29(28)36(31)25-13-15-26(16-14-25)42-22(2)3/h8-19,22H,7,20-21H2,1-6H3,(H,35,39). The predicted molar refractivity (Wildman–Crippen MR) is 165 cm³/mol. The molecule has 9 nitrogen and oxygen atoms in total. The summed E-state index contributed by atoms with van der Waals surface area (Å²) in [5.41, 5.74) is 1.52. The number of nitrogens with one attached hydrogen (secondary N) is 1. The number of anilines is 1. The molecule has 4 aromatic rings. The van der Waals surface area contributed by atoms with E-state index in [9.17, 15) is 14.4 Å². The number of carbonyl (C=O) groups excluding carboxylic acids is 3. The van der Waals surface area contributed by atoms with Gasteiger partial charge in [0, 0.05) is 17.5 Å². The summed E-state index contributed by atoms with van der Waals surface area (Å²) in [6, 6.07) is 22.4. The largest absolute Gasteiger partial charge is 0.491 e. The van der Waals surface area contributed by atoms with Crippen LogP contribution in [0.3, 0.4) is 0 Å². The molecule has 1 amide bonds. The fourth-order valence-electron chi connectivity index (χ4n) is 4.85. The number of hydrogen-bond acceptors (Lipinski definition) is 7. The van der Waals surface area contributed by atoms with Crippen LogP contribution in [0.5, 0.6) is 11.5 Å². The number of carbonyl (C=O) groups is 3. The van der Waals surface area contributed by atoms with Crippen molar-refractivity contribution in [3.05, 3.63) is 84.1 Å². The van der Waals surface area contributed by atoms with E-state index in [0.717, 1.165) is 5.56 Å². The van der Waals surface area contributed by atoms with Gasteiger partial charge in [0.05, 0.1) is 23.9 Å². The Morgan fingerprint density at radius 3 is 2.23 bits per heavy atom. The van der Waals surface area contributed by atoms with Gasteiger partial charge in [-0.05, 0) is 89.6 Å². The number of Topliss-reactive ketones (excluding diaryl/α,β-unsaturated/α-hetero) is 1. The number of aromatic nitrogens is 1. The summed E-state index contributed by atoms with van der Waals surface area (Å²) in [6.07, 6.45) is -0.779. The van der Waals surface area contributed by atoms with Crippen molar-refractivity contribution in [1.82, 2.24) is 4.57 Å². The molecule has 0 saturated carbocycles. The second kappa shape index (κ2) is 13.5. The minimum atomic E-state index is -1.06. The molecule has 0 unspecified atom stereocenters. The van der Waals surface area contributed by atoms with E-state index in [0.29, 0.717) is 34.7 Å². The summed E-state index contributed by atoms with van der Waals surface area (Å²) in [5.74, 6) is 0.468. The van der Waals surface area contributed by atoms with Gasteiger partial charge in [-0.1, -0.05) is 30.3 Å². The maximum Gasteiger partial charge on any atom is 0.412 e. The molecule has 1 N–H and O–H groups in total. The van der Waals surface area contributed by atoms with E-state index in [1.807, 2.05) is 80.6 Å². The Balaban J connectivity index is 1.84. The summed E-state index contributed by atoms with van der Waals surface area (Å²) < 4.78 is 24.7. The number of benzene rings is 3. The van der Waals surface area contributed by atoms with Crippen molar-refractivity contribution in [1.29, 1.82) is 0 Å². The summed E-state index contributed by atoms with van der Waals surface area (Å²) in [5, 5.41) is 3.32. The highest BCUT2D eigenvalue weighted by Gasteiger charge is 2.30. The second-order valence-electron chi connectivity index (χ2n) is 11.0. The van der Waals surface area contributed by atoms with Crippen molar-refractivity contribution >= 4 is 34.4 Å². The van der Waals surface area contributed by atoms with E-state index < -0.39 is 17.7 Å². The third-order valence-electron chi connectivity index (χ3n) is 6.39. The molecule has 1 aromatic heterocycles. The molecule has 9 heteroatoms. The van der Waals surface area contributed by atoms with E-state index in [2.05, 4.69) is 5.32 Å². The highest BCUT2D eigenvalue weighted by molar-refractivity contribution is 6.11. The smallest absolute Gasteiger partial charge is 0.412 e. The fourth-order valence-corrected chi connectivity index (χ4v) is 4.85. The predicted octanol–water partition coefficient (Wildman–Crippen LogP) is 7.48. The Hall–Kier alpha value is -4.79. The summed E-state index contributed by atoms with van der Waals surface area (Å²) in [7, 11) is 0. The Kier molecular flexibility index (Phi) is 9.75. The molecule has 0 bridgehead atoms. The minimum absolute atomic E-state index is 0.00303.